The van der Waals surface area contributed by atoms with Gasteiger partial charge in [-0.05, 0) is 35.2 Å². The zero-order chi connectivity index (χ0) is 10.7. The van der Waals surface area contributed by atoms with Crippen LogP contribution in [0.3, 0.4) is 0 Å². The zero-order valence-corrected chi connectivity index (χ0v) is 11.5. The molecule has 1 aliphatic rings. The van der Waals surface area contributed by atoms with Gasteiger partial charge in [-0.1, -0.05) is 19.8 Å². The lowest BCUT2D eigenvalue weighted by molar-refractivity contribution is 0.555. The average Bonchev–Trinajstić information content (AvgIpc) is 2.54. The quantitative estimate of drug-likeness (QED) is 0.816. The standard InChI is InChI=1S/C11H17BrN2S/c1-2-9-6-4-3-5-7-14(9)11-13-10(12)8-15-11/h8-9H,2-7H2,1H3. The summed E-state index contributed by atoms with van der Waals surface area (Å²) >= 11 is 5.19. The van der Waals surface area contributed by atoms with E-state index < -0.39 is 0 Å². The summed E-state index contributed by atoms with van der Waals surface area (Å²) in [6, 6.07) is 0.700. The third kappa shape index (κ3) is 2.72. The van der Waals surface area contributed by atoms with Gasteiger partial charge in [0.25, 0.3) is 0 Å². The van der Waals surface area contributed by atoms with Gasteiger partial charge in [0.2, 0.25) is 0 Å². The maximum absolute atomic E-state index is 4.54. The molecule has 0 N–H and O–H groups in total. The van der Waals surface area contributed by atoms with Crippen molar-refractivity contribution >= 4 is 32.4 Å². The van der Waals surface area contributed by atoms with Gasteiger partial charge in [-0.15, -0.1) is 11.3 Å². The van der Waals surface area contributed by atoms with E-state index in [1.54, 1.807) is 11.3 Å². The third-order valence-corrected chi connectivity index (χ3v) is 4.65. The highest BCUT2D eigenvalue weighted by Gasteiger charge is 2.21. The molecule has 1 atom stereocenters. The lowest BCUT2D eigenvalue weighted by Gasteiger charge is -2.28. The minimum absolute atomic E-state index is 0.700. The normalized spacial score (nSPS) is 22.8. The van der Waals surface area contributed by atoms with Crippen molar-refractivity contribution in [2.24, 2.45) is 0 Å². The van der Waals surface area contributed by atoms with Crippen LogP contribution in [0.2, 0.25) is 0 Å². The van der Waals surface area contributed by atoms with E-state index in [9.17, 15) is 0 Å². The van der Waals surface area contributed by atoms with Gasteiger partial charge in [0, 0.05) is 18.0 Å². The van der Waals surface area contributed by atoms with Crippen molar-refractivity contribution in [3.63, 3.8) is 0 Å². The number of rotatable bonds is 2. The summed E-state index contributed by atoms with van der Waals surface area (Å²) in [5, 5.41) is 3.27. The second-order valence-corrected chi connectivity index (χ2v) is 5.71. The molecule has 2 rings (SSSR count). The van der Waals surface area contributed by atoms with Crippen LogP contribution in [0.15, 0.2) is 9.98 Å². The Bertz CT molecular complexity index is 313. The molecule has 0 radical (unpaired) electrons. The van der Waals surface area contributed by atoms with Crippen LogP contribution in [0.25, 0.3) is 0 Å². The zero-order valence-electron chi connectivity index (χ0n) is 9.08. The molecule has 2 nitrogen and oxygen atoms in total. The van der Waals surface area contributed by atoms with Gasteiger partial charge in [0.1, 0.15) is 4.60 Å². The summed E-state index contributed by atoms with van der Waals surface area (Å²) in [5.74, 6) is 0. The molecule has 1 aromatic heterocycles. The maximum atomic E-state index is 4.54. The van der Waals surface area contributed by atoms with Crippen LogP contribution in [0.1, 0.15) is 39.0 Å². The van der Waals surface area contributed by atoms with E-state index in [4.69, 9.17) is 0 Å². The Morgan fingerprint density at radius 1 is 1.53 bits per heavy atom. The van der Waals surface area contributed by atoms with E-state index in [1.807, 2.05) is 0 Å². The number of aromatic nitrogens is 1. The second-order valence-electron chi connectivity index (χ2n) is 4.06. The van der Waals surface area contributed by atoms with E-state index in [0.29, 0.717) is 6.04 Å². The average molecular weight is 289 g/mol. The molecule has 0 amide bonds. The van der Waals surface area contributed by atoms with Crippen LogP contribution < -0.4 is 4.90 Å². The smallest absolute Gasteiger partial charge is 0.186 e. The van der Waals surface area contributed by atoms with Gasteiger partial charge in [0.15, 0.2) is 5.13 Å². The van der Waals surface area contributed by atoms with Gasteiger partial charge in [-0.25, -0.2) is 4.98 Å². The molecule has 1 fully saturated rings. The molecule has 1 unspecified atom stereocenters. The van der Waals surface area contributed by atoms with Crippen molar-refractivity contribution < 1.29 is 0 Å². The monoisotopic (exact) mass is 288 g/mol. The first-order valence-electron chi connectivity index (χ1n) is 5.69. The predicted octanol–water partition coefficient (Wildman–Crippen LogP) is 4.06. The Balaban J connectivity index is 2.16. The molecule has 15 heavy (non-hydrogen) atoms. The predicted molar refractivity (Wildman–Crippen MR) is 69.7 cm³/mol. The second kappa shape index (κ2) is 5.30. The molecule has 0 aliphatic carbocycles. The lowest BCUT2D eigenvalue weighted by Crippen LogP contribution is -2.34. The van der Waals surface area contributed by atoms with E-state index in [2.05, 4.69) is 38.1 Å². The molecular weight excluding hydrogens is 272 g/mol. The summed E-state index contributed by atoms with van der Waals surface area (Å²) in [7, 11) is 0. The summed E-state index contributed by atoms with van der Waals surface area (Å²) < 4.78 is 0.974. The van der Waals surface area contributed by atoms with E-state index in [1.165, 1.54) is 43.8 Å². The topological polar surface area (TPSA) is 16.1 Å². The first-order chi connectivity index (χ1) is 7.31. The molecule has 2 heterocycles. The summed E-state index contributed by atoms with van der Waals surface area (Å²) in [4.78, 5) is 7.04. The fraction of sp³-hybridized carbons (Fsp3) is 0.727. The Kier molecular flexibility index (Phi) is 4.03. The van der Waals surface area contributed by atoms with Gasteiger partial charge in [-0.3, -0.25) is 0 Å². The number of anilines is 1. The molecule has 0 aromatic carbocycles. The van der Waals surface area contributed by atoms with Crippen LogP contribution in [-0.4, -0.2) is 17.6 Å². The minimum atomic E-state index is 0.700. The van der Waals surface area contributed by atoms with E-state index in [0.717, 1.165) is 4.60 Å². The highest BCUT2D eigenvalue weighted by Crippen LogP contribution is 2.29. The van der Waals surface area contributed by atoms with Crippen molar-refractivity contribution in [3.05, 3.63) is 9.98 Å². The number of thiazole rings is 1. The van der Waals surface area contributed by atoms with Crippen molar-refractivity contribution in [3.8, 4) is 0 Å². The molecule has 1 aliphatic heterocycles. The molecular formula is C11H17BrN2S. The highest BCUT2D eigenvalue weighted by molar-refractivity contribution is 9.10. The first kappa shape index (κ1) is 11.4. The van der Waals surface area contributed by atoms with Gasteiger partial charge < -0.3 is 4.90 Å². The highest BCUT2D eigenvalue weighted by atomic mass is 79.9. The molecule has 0 bridgehead atoms. The number of nitrogens with zero attached hydrogens (tertiary/aromatic N) is 2. The van der Waals surface area contributed by atoms with Crippen LogP contribution >= 0.6 is 27.3 Å². The molecule has 0 spiro atoms. The van der Waals surface area contributed by atoms with Crippen molar-refractivity contribution in [2.75, 3.05) is 11.4 Å². The Morgan fingerprint density at radius 2 is 2.40 bits per heavy atom. The summed E-state index contributed by atoms with van der Waals surface area (Å²) in [6.07, 6.45) is 6.62. The molecule has 1 aromatic rings. The van der Waals surface area contributed by atoms with Gasteiger partial charge in [-0.2, -0.15) is 0 Å². The number of hydrogen-bond acceptors (Lipinski definition) is 3. The van der Waals surface area contributed by atoms with Gasteiger partial charge >= 0.3 is 0 Å². The summed E-state index contributed by atoms with van der Waals surface area (Å²) in [5.41, 5.74) is 0. The molecule has 1 saturated heterocycles. The Hall–Kier alpha value is -0.0900. The summed E-state index contributed by atoms with van der Waals surface area (Å²) in [6.45, 7) is 3.46. The van der Waals surface area contributed by atoms with Crippen molar-refractivity contribution in [2.45, 2.75) is 45.1 Å². The van der Waals surface area contributed by atoms with Crippen molar-refractivity contribution in [1.82, 2.24) is 4.98 Å². The van der Waals surface area contributed by atoms with Crippen LogP contribution in [0.5, 0.6) is 0 Å². The Morgan fingerprint density at radius 3 is 3.07 bits per heavy atom. The lowest BCUT2D eigenvalue weighted by atomic mass is 10.1. The number of halogens is 1. The van der Waals surface area contributed by atoms with Crippen molar-refractivity contribution in [1.29, 1.82) is 0 Å². The van der Waals surface area contributed by atoms with E-state index >= 15 is 0 Å². The molecule has 0 saturated carbocycles. The van der Waals surface area contributed by atoms with E-state index in [-0.39, 0.29) is 0 Å². The molecule has 84 valence electrons. The molecule has 4 heteroatoms. The van der Waals surface area contributed by atoms with Crippen LogP contribution in [0, 0.1) is 0 Å². The van der Waals surface area contributed by atoms with Crippen LogP contribution in [0.4, 0.5) is 5.13 Å². The minimum Gasteiger partial charge on any atom is -0.345 e. The maximum Gasteiger partial charge on any atom is 0.186 e. The SMILES string of the molecule is CCC1CCCCCN1c1nc(Br)cs1. The fourth-order valence-corrected chi connectivity index (χ4v) is 3.58. The Labute approximate surface area is 104 Å². The third-order valence-electron chi connectivity index (χ3n) is 3.06. The fourth-order valence-electron chi connectivity index (χ4n) is 2.23. The van der Waals surface area contributed by atoms with Gasteiger partial charge in [0.05, 0.1) is 0 Å². The largest absolute Gasteiger partial charge is 0.345 e. The van der Waals surface area contributed by atoms with Crippen LogP contribution in [-0.2, 0) is 0 Å². The number of hydrogen-bond donors (Lipinski definition) is 0. The first-order valence-corrected chi connectivity index (χ1v) is 7.36.